The van der Waals surface area contributed by atoms with Crippen molar-refractivity contribution in [3.8, 4) is 11.5 Å². The maximum absolute atomic E-state index is 13.8. The van der Waals surface area contributed by atoms with Gasteiger partial charge in [-0.05, 0) is 80.3 Å². The number of ether oxygens (including phenoxy) is 2. The van der Waals surface area contributed by atoms with Gasteiger partial charge in [0, 0.05) is 11.3 Å². The zero-order valence-corrected chi connectivity index (χ0v) is 22.5. The Morgan fingerprint density at radius 1 is 0.974 bits per heavy atom. The van der Waals surface area contributed by atoms with Gasteiger partial charge in [0.25, 0.3) is 5.91 Å². The van der Waals surface area contributed by atoms with Crippen LogP contribution in [0.4, 0.5) is 5.69 Å². The van der Waals surface area contributed by atoms with Crippen LogP contribution in [0.15, 0.2) is 75.9 Å². The lowest BCUT2D eigenvalue weighted by atomic mass is 9.97. The van der Waals surface area contributed by atoms with Gasteiger partial charge in [0.1, 0.15) is 5.58 Å². The van der Waals surface area contributed by atoms with Gasteiger partial charge in [-0.25, -0.2) is 0 Å². The number of anilines is 1. The predicted molar refractivity (Wildman–Crippen MR) is 150 cm³/mol. The monoisotopic (exact) mass is 525 g/mol. The third kappa shape index (κ3) is 4.92. The molecule has 3 aromatic carbocycles. The molecular formula is C32H31NO6. The van der Waals surface area contributed by atoms with Gasteiger partial charge in [-0.2, -0.15) is 0 Å². The summed E-state index contributed by atoms with van der Waals surface area (Å²) in [5.41, 5.74) is 2.11. The molecule has 0 bridgehead atoms. The Kier molecular flexibility index (Phi) is 7.24. The first-order valence-electron chi connectivity index (χ1n) is 13.2. The Morgan fingerprint density at radius 2 is 1.72 bits per heavy atom. The van der Waals surface area contributed by atoms with Crippen molar-refractivity contribution in [2.45, 2.75) is 40.2 Å². The van der Waals surface area contributed by atoms with Crippen molar-refractivity contribution in [1.29, 1.82) is 0 Å². The first-order chi connectivity index (χ1) is 18.8. The summed E-state index contributed by atoms with van der Waals surface area (Å²) in [6.45, 7) is 8.62. The van der Waals surface area contributed by atoms with Crippen LogP contribution in [-0.2, 0) is 0 Å². The summed E-state index contributed by atoms with van der Waals surface area (Å²) in [4.78, 5) is 41.1. The van der Waals surface area contributed by atoms with Crippen LogP contribution in [0.1, 0.15) is 72.2 Å². The van der Waals surface area contributed by atoms with E-state index >= 15 is 0 Å². The summed E-state index contributed by atoms with van der Waals surface area (Å²) < 4.78 is 18.0. The zero-order chi connectivity index (χ0) is 27.7. The van der Waals surface area contributed by atoms with Gasteiger partial charge in [0.05, 0.1) is 30.2 Å². The molecule has 4 aromatic rings. The predicted octanol–water partition coefficient (Wildman–Crippen LogP) is 6.57. The van der Waals surface area contributed by atoms with Gasteiger partial charge in [-0.1, -0.05) is 32.0 Å². The molecule has 1 amide bonds. The van der Waals surface area contributed by atoms with Crippen molar-refractivity contribution >= 4 is 28.3 Å². The van der Waals surface area contributed by atoms with Crippen molar-refractivity contribution in [2.24, 2.45) is 5.92 Å². The van der Waals surface area contributed by atoms with Gasteiger partial charge in [0.2, 0.25) is 5.76 Å². The van der Waals surface area contributed by atoms with E-state index in [0.717, 1.165) is 6.42 Å². The zero-order valence-electron chi connectivity index (χ0n) is 22.5. The van der Waals surface area contributed by atoms with Crippen LogP contribution in [0.25, 0.3) is 11.0 Å². The van der Waals surface area contributed by atoms with Gasteiger partial charge < -0.3 is 13.9 Å². The van der Waals surface area contributed by atoms with Crippen molar-refractivity contribution in [3.63, 3.8) is 0 Å². The highest BCUT2D eigenvalue weighted by molar-refractivity contribution is 6.11. The molecule has 39 heavy (non-hydrogen) atoms. The molecule has 200 valence electrons. The molecule has 1 atom stereocenters. The standard InChI is InChI=1S/C32H31NO6/c1-5-37-27-18-22(12-15-26(27)38-17-16-19(2)3)29-28-30(35)24-8-6-7-9-25(24)39-31(28)32(36)33(29)23-13-10-21(11-14-23)20(4)34/h6-15,18-19,29H,5,16-17H2,1-4H3. The van der Waals surface area contributed by atoms with E-state index in [2.05, 4.69) is 13.8 Å². The second kappa shape index (κ2) is 10.8. The summed E-state index contributed by atoms with van der Waals surface area (Å²) in [5.74, 6) is 1.15. The average Bonchev–Trinajstić information content (AvgIpc) is 3.22. The molecule has 7 heteroatoms. The lowest BCUT2D eigenvalue weighted by molar-refractivity contribution is 0.0970. The second-order valence-corrected chi connectivity index (χ2v) is 10.0. The van der Waals surface area contributed by atoms with E-state index in [1.165, 1.54) is 6.92 Å². The summed E-state index contributed by atoms with van der Waals surface area (Å²) in [7, 11) is 0. The molecule has 0 radical (unpaired) electrons. The van der Waals surface area contributed by atoms with Crippen LogP contribution in [0.2, 0.25) is 0 Å². The third-order valence-electron chi connectivity index (χ3n) is 6.87. The second-order valence-electron chi connectivity index (χ2n) is 10.0. The van der Waals surface area contributed by atoms with Crippen LogP contribution < -0.4 is 19.8 Å². The molecule has 0 spiro atoms. The molecule has 0 N–H and O–H groups in total. The molecule has 0 saturated heterocycles. The Bertz CT molecular complexity index is 1600. The molecule has 0 saturated carbocycles. The summed E-state index contributed by atoms with van der Waals surface area (Å²) in [6, 6.07) is 18.4. The lowest BCUT2D eigenvalue weighted by Gasteiger charge is -2.26. The minimum atomic E-state index is -0.763. The summed E-state index contributed by atoms with van der Waals surface area (Å²) >= 11 is 0. The normalized spacial score (nSPS) is 14.6. The van der Waals surface area contributed by atoms with Crippen molar-refractivity contribution in [2.75, 3.05) is 18.1 Å². The van der Waals surface area contributed by atoms with Crippen molar-refractivity contribution < 1.29 is 23.5 Å². The number of para-hydroxylation sites is 1. The fourth-order valence-corrected chi connectivity index (χ4v) is 4.84. The van der Waals surface area contributed by atoms with E-state index in [1.807, 2.05) is 25.1 Å². The van der Waals surface area contributed by atoms with Gasteiger partial charge in [-0.15, -0.1) is 0 Å². The average molecular weight is 526 g/mol. The Hall–Kier alpha value is -4.39. The molecule has 1 aliphatic heterocycles. The third-order valence-corrected chi connectivity index (χ3v) is 6.87. The number of carbonyl (C=O) groups is 2. The number of fused-ring (bicyclic) bond motifs is 2. The Balaban J connectivity index is 1.67. The van der Waals surface area contributed by atoms with Gasteiger partial charge >= 0.3 is 0 Å². The van der Waals surface area contributed by atoms with Crippen LogP contribution >= 0.6 is 0 Å². The minimum absolute atomic E-state index is 0.00886. The molecular weight excluding hydrogens is 494 g/mol. The fraction of sp³-hybridized carbons (Fsp3) is 0.281. The highest BCUT2D eigenvalue weighted by Crippen LogP contribution is 2.43. The number of hydrogen-bond acceptors (Lipinski definition) is 6. The number of nitrogens with zero attached hydrogens (tertiary/aromatic N) is 1. The molecule has 7 nitrogen and oxygen atoms in total. The first kappa shape index (κ1) is 26.2. The lowest BCUT2D eigenvalue weighted by Crippen LogP contribution is -2.29. The Morgan fingerprint density at radius 3 is 2.41 bits per heavy atom. The fourth-order valence-electron chi connectivity index (χ4n) is 4.84. The van der Waals surface area contributed by atoms with E-state index < -0.39 is 11.9 Å². The number of carbonyl (C=O) groups excluding carboxylic acids is 2. The maximum atomic E-state index is 13.8. The molecule has 0 aliphatic carbocycles. The largest absolute Gasteiger partial charge is 0.490 e. The molecule has 2 heterocycles. The number of rotatable bonds is 9. The minimum Gasteiger partial charge on any atom is -0.490 e. The van der Waals surface area contributed by atoms with Gasteiger partial charge in [0.15, 0.2) is 22.7 Å². The Labute approximate surface area is 227 Å². The number of benzene rings is 3. The van der Waals surface area contributed by atoms with E-state index in [4.69, 9.17) is 13.9 Å². The van der Waals surface area contributed by atoms with E-state index in [1.54, 1.807) is 53.4 Å². The van der Waals surface area contributed by atoms with Crippen molar-refractivity contribution in [3.05, 3.63) is 99.4 Å². The number of Topliss-reactive ketones (excluding diaryl/α,β-unsaturated/α-hetero) is 1. The first-order valence-corrected chi connectivity index (χ1v) is 13.2. The summed E-state index contributed by atoms with van der Waals surface area (Å²) in [6.07, 6.45) is 0.899. The topological polar surface area (TPSA) is 86.0 Å². The molecule has 5 rings (SSSR count). The molecule has 0 fully saturated rings. The van der Waals surface area contributed by atoms with Gasteiger partial charge in [-0.3, -0.25) is 19.3 Å². The van der Waals surface area contributed by atoms with E-state index in [-0.39, 0.29) is 22.5 Å². The molecule has 1 unspecified atom stereocenters. The highest BCUT2D eigenvalue weighted by Gasteiger charge is 2.44. The van der Waals surface area contributed by atoms with Crippen LogP contribution in [0.3, 0.4) is 0 Å². The van der Waals surface area contributed by atoms with E-state index in [9.17, 15) is 14.4 Å². The van der Waals surface area contributed by atoms with Crippen LogP contribution in [-0.4, -0.2) is 24.9 Å². The SMILES string of the molecule is CCOc1cc(C2c3c(oc4ccccc4c3=O)C(=O)N2c2ccc(C(C)=O)cc2)ccc1OCCC(C)C. The maximum Gasteiger partial charge on any atom is 0.295 e. The quantitative estimate of drug-likeness (QED) is 0.230. The molecule has 1 aromatic heterocycles. The molecule has 1 aliphatic rings. The summed E-state index contributed by atoms with van der Waals surface area (Å²) in [5, 5.41) is 0.404. The number of ketones is 1. The smallest absolute Gasteiger partial charge is 0.295 e. The van der Waals surface area contributed by atoms with Crippen molar-refractivity contribution in [1.82, 2.24) is 0 Å². The van der Waals surface area contributed by atoms with E-state index in [0.29, 0.717) is 58.4 Å². The highest BCUT2D eigenvalue weighted by atomic mass is 16.5. The number of amides is 1. The number of hydrogen-bond donors (Lipinski definition) is 0. The van der Waals surface area contributed by atoms with Crippen LogP contribution in [0, 0.1) is 5.92 Å². The van der Waals surface area contributed by atoms with Crippen LogP contribution in [0.5, 0.6) is 11.5 Å².